The van der Waals surface area contributed by atoms with Gasteiger partial charge in [0.05, 0.1) is 25.4 Å². The fraction of sp³-hybridized carbons (Fsp3) is 0.400. The molecule has 0 unspecified atom stereocenters. The quantitative estimate of drug-likeness (QED) is 0.679. The predicted octanol–water partition coefficient (Wildman–Crippen LogP) is 3.57. The average molecular weight is 352 g/mol. The number of rotatable bonds is 6. The molecular weight excluding hydrogens is 328 g/mol. The molecule has 1 aliphatic heterocycles. The van der Waals surface area contributed by atoms with E-state index in [1.807, 2.05) is 23.9 Å². The number of hydrogen-bond donors (Lipinski definition) is 0. The number of hydrogen-bond acceptors (Lipinski definition) is 5. The molecule has 2 aromatic heterocycles. The number of ether oxygens (including phenoxy) is 1. The second-order valence-electron chi connectivity index (χ2n) is 6.85. The first-order chi connectivity index (χ1) is 12.7. The summed E-state index contributed by atoms with van der Waals surface area (Å²) in [6.45, 7) is 4.64. The molecule has 1 aliphatic rings. The summed E-state index contributed by atoms with van der Waals surface area (Å²) in [7, 11) is 1.71. The number of methoxy groups -OCH3 is 1. The van der Waals surface area contributed by atoms with Crippen molar-refractivity contribution < 1.29 is 9.26 Å². The van der Waals surface area contributed by atoms with Crippen molar-refractivity contribution in [1.82, 2.24) is 19.8 Å². The lowest BCUT2D eigenvalue weighted by Crippen LogP contribution is -2.22. The number of nitrogens with zero attached hydrogens (tertiary/aromatic N) is 4. The van der Waals surface area contributed by atoms with Crippen LogP contribution in [0.5, 0.6) is 5.75 Å². The summed E-state index contributed by atoms with van der Waals surface area (Å²) in [5, 5.41) is 8.36. The highest BCUT2D eigenvalue weighted by molar-refractivity contribution is 5.37. The van der Waals surface area contributed by atoms with Crippen LogP contribution in [-0.2, 0) is 13.1 Å². The summed E-state index contributed by atoms with van der Waals surface area (Å²) in [5.74, 6) is 1.87. The van der Waals surface area contributed by atoms with Gasteiger partial charge >= 0.3 is 0 Å². The van der Waals surface area contributed by atoms with E-state index >= 15 is 0 Å². The van der Waals surface area contributed by atoms with Gasteiger partial charge in [0.25, 0.3) is 0 Å². The van der Waals surface area contributed by atoms with Crippen LogP contribution >= 0.6 is 0 Å². The van der Waals surface area contributed by atoms with Gasteiger partial charge in [0.1, 0.15) is 5.75 Å². The Bertz CT molecular complexity index is 857. The molecule has 0 amide bonds. The number of benzene rings is 1. The molecule has 1 atom stereocenters. The van der Waals surface area contributed by atoms with Crippen molar-refractivity contribution in [1.29, 1.82) is 0 Å². The van der Waals surface area contributed by atoms with Crippen molar-refractivity contribution in [3.8, 4) is 5.75 Å². The molecule has 6 heteroatoms. The van der Waals surface area contributed by atoms with Gasteiger partial charge in [-0.25, -0.2) is 0 Å². The lowest BCUT2D eigenvalue weighted by Gasteiger charge is -2.23. The Morgan fingerprint density at radius 2 is 2.19 bits per heavy atom. The van der Waals surface area contributed by atoms with E-state index in [9.17, 15) is 0 Å². The van der Waals surface area contributed by atoms with Gasteiger partial charge in [-0.1, -0.05) is 11.2 Å². The van der Waals surface area contributed by atoms with Gasteiger partial charge in [-0.05, 0) is 50.1 Å². The number of aromatic nitrogens is 3. The van der Waals surface area contributed by atoms with Crippen molar-refractivity contribution in [2.24, 2.45) is 0 Å². The third-order valence-electron chi connectivity index (χ3n) is 4.96. The minimum atomic E-state index is 0.313. The maximum atomic E-state index is 5.53. The van der Waals surface area contributed by atoms with Crippen molar-refractivity contribution in [3.63, 3.8) is 0 Å². The fourth-order valence-electron chi connectivity index (χ4n) is 3.73. The van der Waals surface area contributed by atoms with Crippen LogP contribution in [0.2, 0.25) is 0 Å². The molecule has 0 N–H and O–H groups in total. The van der Waals surface area contributed by atoms with Crippen LogP contribution in [0.25, 0.3) is 0 Å². The van der Waals surface area contributed by atoms with Crippen LogP contribution in [0, 0.1) is 6.92 Å². The SMILES string of the molecule is COc1ccc(CN2CCC[C@H]2c2cc(C)no2)cc1Cn1cccn1. The Morgan fingerprint density at radius 3 is 2.92 bits per heavy atom. The normalized spacial score (nSPS) is 17.7. The molecule has 3 heterocycles. The first-order valence-corrected chi connectivity index (χ1v) is 9.03. The van der Waals surface area contributed by atoms with Gasteiger partial charge in [0.2, 0.25) is 0 Å². The van der Waals surface area contributed by atoms with Crippen LogP contribution in [0.1, 0.15) is 41.5 Å². The van der Waals surface area contributed by atoms with E-state index in [-0.39, 0.29) is 0 Å². The largest absolute Gasteiger partial charge is 0.496 e. The van der Waals surface area contributed by atoms with Crippen LogP contribution in [0.15, 0.2) is 47.2 Å². The summed E-state index contributed by atoms with van der Waals surface area (Å²) in [5.41, 5.74) is 3.36. The van der Waals surface area contributed by atoms with Gasteiger partial charge in [0, 0.05) is 30.6 Å². The third-order valence-corrected chi connectivity index (χ3v) is 4.96. The summed E-state index contributed by atoms with van der Waals surface area (Å²) in [4.78, 5) is 2.47. The van der Waals surface area contributed by atoms with E-state index in [4.69, 9.17) is 9.26 Å². The van der Waals surface area contributed by atoms with Crippen LogP contribution in [-0.4, -0.2) is 33.5 Å². The van der Waals surface area contributed by atoms with Crippen LogP contribution in [0.4, 0.5) is 0 Å². The van der Waals surface area contributed by atoms with Crippen molar-refractivity contribution in [2.45, 2.75) is 38.9 Å². The summed E-state index contributed by atoms with van der Waals surface area (Å²) >= 11 is 0. The smallest absolute Gasteiger partial charge is 0.154 e. The molecule has 0 aliphatic carbocycles. The van der Waals surface area contributed by atoms with Gasteiger partial charge in [-0.3, -0.25) is 9.58 Å². The Labute approximate surface area is 153 Å². The van der Waals surface area contributed by atoms with E-state index in [2.05, 4.69) is 39.4 Å². The lowest BCUT2D eigenvalue weighted by atomic mass is 10.1. The lowest BCUT2D eigenvalue weighted by molar-refractivity contribution is 0.206. The molecule has 1 fully saturated rings. The maximum absolute atomic E-state index is 5.53. The average Bonchev–Trinajstić information content (AvgIpc) is 3.38. The molecule has 0 bridgehead atoms. The third kappa shape index (κ3) is 3.51. The van der Waals surface area contributed by atoms with Crippen LogP contribution in [0.3, 0.4) is 0 Å². The number of aryl methyl sites for hydroxylation is 1. The zero-order valence-corrected chi connectivity index (χ0v) is 15.3. The topological polar surface area (TPSA) is 56.3 Å². The van der Waals surface area contributed by atoms with Crippen molar-refractivity contribution >= 4 is 0 Å². The highest BCUT2D eigenvalue weighted by atomic mass is 16.5. The molecule has 4 rings (SSSR count). The zero-order valence-electron chi connectivity index (χ0n) is 15.3. The van der Waals surface area contributed by atoms with E-state index in [1.165, 1.54) is 12.0 Å². The van der Waals surface area contributed by atoms with E-state index in [1.54, 1.807) is 13.3 Å². The van der Waals surface area contributed by atoms with Gasteiger partial charge in [0.15, 0.2) is 5.76 Å². The summed E-state index contributed by atoms with van der Waals surface area (Å²) in [6.07, 6.45) is 6.06. The Kier molecular flexibility index (Phi) is 4.75. The van der Waals surface area contributed by atoms with Gasteiger partial charge in [-0.2, -0.15) is 5.10 Å². The van der Waals surface area contributed by atoms with Crippen molar-refractivity contribution in [3.05, 3.63) is 65.3 Å². The first-order valence-electron chi connectivity index (χ1n) is 9.03. The van der Waals surface area contributed by atoms with Crippen molar-refractivity contribution in [2.75, 3.05) is 13.7 Å². The first kappa shape index (κ1) is 16.8. The molecule has 0 radical (unpaired) electrons. The molecule has 1 aromatic carbocycles. The van der Waals surface area contributed by atoms with Gasteiger partial charge < -0.3 is 9.26 Å². The zero-order chi connectivity index (χ0) is 17.9. The second-order valence-corrected chi connectivity index (χ2v) is 6.85. The summed E-state index contributed by atoms with van der Waals surface area (Å²) in [6, 6.07) is 10.7. The minimum Gasteiger partial charge on any atom is -0.496 e. The Morgan fingerprint density at radius 1 is 1.27 bits per heavy atom. The second kappa shape index (κ2) is 7.33. The highest BCUT2D eigenvalue weighted by Crippen LogP contribution is 2.34. The molecule has 0 spiro atoms. The maximum Gasteiger partial charge on any atom is 0.154 e. The highest BCUT2D eigenvalue weighted by Gasteiger charge is 2.29. The fourth-order valence-corrected chi connectivity index (χ4v) is 3.73. The molecule has 6 nitrogen and oxygen atoms in total. The molecular formula is C20H24N4O2. The summed E-state index contributed by atoms with van der Waals surface area (Å²) < 4.78 is 13.0. The number of likely N-dealkylation sites (tertiary alicyclic amines) is 1. The molecule has 136 valence electrons. The molecule has 1 saturated heterocycles. The molecule has 3 aromatic rings. The molecule has 0 saturated carbocycles. The van der Waals surface area contributed by atoms with Crippen LogP contribution < -0.4 is 4.74 Å². The minimum absolute atomic E-state index is 0.313. The van der Waals surface area contributed by atoms with Gasteiger partial charge in [-0.15, -0.1) is 0 Å². The standard InChI is InChI=1S/C20H24N4O2/c1-15-11-20(26-22-15)18-5-3-9-23(18)13-16-6-7-19(25-2)17(12-16)14-24-10-4-8-21-24/h4,6-8,10-12,18H,3,5,9,13-14H2,1-2H3/t18-/m0/s1. The Hall–Kier alpha value is -2.60. The Balaban J connectivity index is 1.54. The monoisotopic (exact) mass is 352 g/mol. The van der Waals surface area contributed by atoms with E-state index < -0.39 is 0 Å². The van der Waals surface area contributed by atoms with E-state index in [0.717, 1.165) is 42.3 Å². The molecule has 26 heavy (non-hydrogen) atoms. The predicted molar refractivity (Wildman–Crippen MR) is 97.9 cm³/mol. The van der Waals surface area contributed by atoms with E-state index in [0.29, 0.717) is 12.6 Å².